The van der Waals surface area contributed by atoms with Gasteiger partial charge in [-0.25, -0.2) is 0 Å². The molecule has 0 fully saturated rings. The lowest BCUT2D eigenvalue weighted by atomic mass is 9.99. The van der Waals surface area contributed by atoms with E-state index in [2.05, 4.69) is 0 Å². The van der Waals surface area contributed by atoms with Crippen molar-refractivity contribution in [1.82, 2.24) is 0 Å². The van der Waals surface area contributed by atoms with Crippen LogP contribution in [0.4, 0.5) is 0 Å². The largest absolute Gasteiger partial charge is 0.389 e. The molecule has 0 aliphatic carbocycles. The van der Waals surface area contributed by atoms with E-state index in [1.807, 2.05) is 24.3 Å². The van der Waals surface area contributed by atoms with Gasteiger partial charge in [0.25, 0.3) is 0 Å². The molecule has 0 amide bonds. The molecule has 70 valence electrons. The van der Waals surface area contributed by atoms with Gasteiger partial charge in [0.15, 0.2) is 0 Å². The Bertz CT molecular complexity index is 303. The van der Waals surface area contributed by atoms with Crippen LogP contribution < -0.4 is 0 Å². The zero-order chi connectivity index (χ0) is 9.84. The number of hydrogen-bond acceptors (Lipinski definition) is 2. The van der Waals surface area contributed by atoms with Gasteiger partial charge in [-0.1, -0.05) is 24.3 Å². The first-order chi connectivity index (χ1) is 6.11. The predicted octanol–water partition coefficient (Wildman–Crippen LogP) is 1.87. The van der Waals surface area contributed by atoms with Gasteiger partial charge >= 0.3 is 0 Å². The first-order valence-electron chi connectivity index (χ1n) is 4.36. The summed E-state index contributed by atoms with van der Waals surface area (Å²) in [5.41, 5.74) is 1.77. The molecule has 0 aromatic heterocycles. The summed E-state index contributed by atoms with van der Waals surface area (Å²) in [7, 11) is 0. The number of benzene rings is 1. The van der Waals surface area contributed by atoms with Crippen LogP contribution in [0.2, 0.25) is 0 Å². The van der Waals surface area contributed by atoms with Crippen molar-refractivity contribution in [1.29, 1.82) is 0 Å². The summed E-state index contributed by atoms with van der Waals surface area (Å²) in [6, 6.07) is 7.47. The predicted molar refractivity (Wildman–Crippen MR) is 51.5 cm³/mol. The van der Waals surface area contributed by atoms with Crippen molar-refractivity contribution in [2.24, 2.45) is 0 Å². The first kappa shape index (κ1) is 9.93. The van der Waals surface area contributed by atoms with Crippen molar-refractivity contribution < 1.29 is 9.90 Å². The lowest BCUT2D eigenvalue weighted by Crippen LogP contribution is -2.03. The van der Waals surface area contributed by atoms with Gasteiger partial charge in [-0.05, 0) is 25.0 Å². The summed E-state index contributed by atoms with van der Waals surface area (Å²) in [6.45, 7) is 3.26. The Balaban J connectivity index is 2.97. The highest BCUT2D eigenvalue weighted by Gasteiger charge is 2.07. The summed E-state index contributed by atoms with van der Waals surface area (Å²) < 4.78 is 0. The van der Waals surface area contributed by atoms with E-state index in [-0.39, 0.29) is 5.78 Å². The van der Waals surface area contributed by atoms with E-state index < -0.39 is 6.10 Å². The van der Waals surface area contributed by atoms with Gasteiger partial charge in [0, 0.05) is 6.42 Å². The lowest BCUT2D eigenvalue weighted by Gasteiger charge is -2.09. The number of aliphatic hydroxyl groups excluding tert-OH is 1. The molecular weight excluding hydrogens is 164 g/mol. The second kappa shape index (κ2) is 4.19. The van der Waals surface area contributed by atoms with Gasteiger partial charge < -0.3 is 5.11 Å². The van der Waals surface area contributed by atoms with E-state index >= 15 is 0 Å². The molecule has 2 nitrogen and oxygen atoms in total. The van der Waals surface area contributed by atoms with Gasteiger partial charge in [-0.2, -0.15) is 0 Å². The molecule has 0 spiro atoms. The topological polar surface area (TPSA) is 37.3 Å². The number of rotatable bonds is 3. The first-order valence-corrected chi connectivity index (χ1v) is 4.36. The number of hydrogen-bond donors (Lipinski definition) is 1. The van der Waals surface area contributed by atoms with Crippen LogP contribution in [0.25, 0.3) is 0 Å². The van der Waals surface area contributed by atoms with Crippen LogP contribution in [0.5, 0.6) is 0 Å². The molecule has 1 N–H and O–H groups in total. The van der Waals surface area contributed by atoms with Gasteiger partial charge in [0.05, 0.1) is 6.10 Å². The summed E-state index contributed by atoms with van der Waals surface area (Å²) >= 11 is 0. The third-order valence-electron chi connectivity index (χ3n) is 1.94. The van der Waals surface area contributed by atoms with Crippen molar-refractivity contribution in [3.63, 3.8) is 0 Å². The van der Waals surface area contributed by atoms with Crippen LogP contribution >= 0.6 is 0 Å². The molecule has 13 heavy (non-hydrogen) atoms. The SMILES string of the molecule is CC(=O)Cc1ccccc1C(C)O. The minimum absolute atomic E-state index is 0.119. The van der Waals surface area contributed by atoms with Gasteiger partial charge in [-0.3, -0.25) is 4.79 Å². The smallest absolute Gasteiger partial charge is 0.134 e. The zero-order valence-corrected chi connectivity index (χ0v) is 7.95. The molecule has 1 atom stereocenters. The monoisotopic (exact) mass is 178 g/mol. The average Bonchev–Trinajstić information content (AvgIpc) is 2.03. The van der Waals surface area contributed by atoms with Crippen LogP contribution in [0.15, 0.2) is 24.3 Å². The molecule has 1 aromatic rings. The highest BCUT2D eigenvalue weighted by atomic mass is 16.3. The Labute approximate surface area is 78.2 Å². The number of ketones is 1. The van der Waals surface area contributed by atoms with Crippen molar-refractivity contribution in [3.05, 3.63) is 35.4 Å². The van der Waals surface area contributed by atoms with Gasteiger partial charge in [0.1, 0.15) is 5.78 Å². The normalized spacial score (nSPS) is 12.5. The highest BCUT2D eigenvalue weighted by Crippen LogP contribution is 2.17. The van der Waals surface area contributed by atoms with Crippen molar-refractivity contribution in [2.75, 3.05) is 0 Å². The van der Waals surface area contributed by atoms with Gasteiger partial charge in [-0.15, -0.1) is 0 Å². The summed E-state index contributed by atoms with van der Waals surface area (Å²) in [6.07, 6.45) is -0.100. The lowest BCUT2D eigenvalue weighted by molar-refractivity contribution is -0.116. The molecule has 2 heteroatoms. The fourth-order valence-corrected chi connectivity index (χ4v) is 1.37. The molecule has 0 heterocycles. The molecule has 0 aliphatic rings. The van der Waals surface area contributed by atoms with Crippen LogP contribution in [0, 0.1) is 0 Å². The molecule has 0 bridgehead atoms. The number of Topliss-reactive ketones (excluding diaryl/α,β-unsaturated/α-hetero) is 1. The Morgan fingerprint density at radius 3 is 2.62 bits per heavy atom. The van der Waals surface area contributed by atoms with E-state index in [9.17, 15) is 9.90 Å². The summed E-state index contributed by atoms with van der Waals surface area (Å²) in [5, 5.41) is 9.41. The third-order valence-corrected chi connectivity index (χ3v) is 1.94. The molecule has 1 aromatic carbocycles. The Kier molecular flexibility index (Phi) is 3.20. The van der Waals surface area contributed by atoms with Crippen LogP contribution in [-0.4, -0.2) is 10.9 Å². The maximum Gasteiger partial charge on any atom is 0.134 e. The van der Waals surface area contributed by atoms with E-state index in [0.717, 1.165) is 11.1 Å². The quantitative estimate of drug-likeness (QED) is 0.767. The van der Waals surface area contributed by atoms with Crippen molar-refractivity contribution >= 4 is 5.78 Å². The average molecular weight is 178 g/mol. The number of carbonyl (C=O) groups excluding carboxylic acids is 1. The number of aliphatic hydroxyl groups is 1. The minimum atomic E-state index is -0.504. The zero-order valence-electron chi connectivity index (χ0n) is 7.95. The standard InChI is InChI=1S/C11H14O2/c1-8(12)7-10-5-3-4-6-11(10)9(2)13/h3-6,9,13H,7H2,1-2H3. The van der Waals surface area contributed by atoms with Crippen LogP contribution in [0.3, 0.4) is 0 Å². The molecular formula is C11H14O2. The maximum absolute atomic E-state index is 10.9. The fraction of sp³-hybridized carbons (Fsp3) is 0.364. The van der Waals surface area contributed by atoms with Gasteiger partial charge in [0.2, 0.25) is 0 Å². The Hall–Kier alpha value is -1.15. The van der Waals surface area contributed by atoms with Crippen LogP contribution in [0.1, 0.15) is 31.1 Å². The highest BCUT2D eigenvalue weighted by molar-refractivity contribution is 5.78. The second-order valence-corrected chi connectivity index (χ2v) is 3.25. The molecule has 0 radical (unpaired) electrons. The minimum Gasteiger partial charge on any atom is -0.389 e. The van der Waals surface area contributed by atoms with Crippen molar-refractivity contribution in [3.8, 4) is 0 Å². The summed E-state index contributed by atoms with van der Waals surface area (Å²) in [4.78, 5) is 10.9. The van der Waals surface area contributed by atoms with E-state index in [0.29, 0.717) is 6.42 Å². The summed E-state index contributed by atoms with van der Waals surface area (Å²) in [5.74, 6) is 0.119. The molecule has 0 saturated heterocycles. The van der Waals surface area contributed by atoms with Crippen molar-refractivity contribution in [2.45, 2.75) is 26.4 Å². The number of carbonyl (C=O) groups is 1. The molecule has 0 saturated carbocycles. The van der Waals surface area contributed by atoms with E-state index in [4.69, 9.17) is 0 Å². The molecule has 1 unspecified atom stereocenters. The molecule has 0 aliphatic heterocycles. The fourth-order valence-electron chi connectivity index (χ4n) is 1.37. The third kappa shape index (κ3) is 2.67. The Morgan fingerprint density at radius 2 is 2.08 bits per heavy atom. The maximum atomic E-state index is 10.9. The van der Waals surface area contributed by atoms with Crippen LogP contribution in [-0.2, 0) is 11.2 Å². The molecule has 1 rings (SSSR count). The van der Waals surface area contributed by atoms with E-state index in [1.165, 1.54) is 0 Å². The second-order valence-electron chi connectivity index (χ2n) is 3.25. The Morgan fingerprint density at radius 1 is 1.46 bits per heavy atom. The van der Waals surface area contributed by atoms with E-state index in [1.54, 1.807) is 13.8 Å².